The van der Waals surface area contributed by atoms with Crippen LogP contribution in [0.4, 0.5) is 23.2 Å². The maximum Gasteiger partial charge on any atom is 0.574 e. The van der Waals surface area contributed by atoms with Crippen molar-refractivity contribution < 1.29 is 35.6 Å². The number of nitro groups is 1. The first-order chi connectivity index (χ1) is 8.42. The first-order valence-electron chi connectivity index (χ1n) is 3.97. The lowest BCUT2D eigenvalue weighted by atomic mass is 10.4. The Hall–Kier alpha value is -1.69. The van der Waals surface area contributed by atoms with Crippen molar-refractivity contribution in [3.8, 4) is 5.88 Å². The standard InChI is InChI=1S/C6HClF4N2O5S/c7-19(16,17)5-4(13(14)15)2(8)1-3(12-5)18-6(9,10)11/h1H. The van der Waals surface area contributed by atoms with Crippen LogP contribution in [0.15, 0.2) is 11.1 Å². The van der Waals surface area contributed by atoms with Gasteiger partial charge in [-0.05, 0) is 0 Å². The van der Waals surface area contributed by atoms with Crippen LogP contribution in [0.25, 0.3) is 0 Å². The summed E-state index contributed by atoms with van der Waals surface area (Å²) in [5.41, 5.74) is -1.68. The number of alkyl halides is 3. The van der Waals surface area contributed by atoms with Gasteiger partial charge in [0, 0.05) is 16.7 Å². The topological polar surface area (TPSA) is 99.4 Å². The summed E-state index contributed by atoms with van der Waals surface area (Å²) in [5, 5.41) is 8.74. The van der Waals surface area contributed by atoms with E-state index < -0.39 is 42.7 Å². The quantitative estimate of drug-likeness (QED) is 0.365. The molecule has 1 rings (SSSR count). The molecule has 1 aromatic rings. The fourth-order valence-electron chi connectivity index (χ4n) is 0.970. The summed E-state index contributed by atoms with van der Waals surface area (Å²) in [4.78, 5) is 11.6. The molecule has 0 radical (unpaired) electrons. The third-order valence-electron chi connectivity index (χ3n) is 1.52. The van der Waals surface area contributed by atoms with E-state index in [0.717, 1.165) is 0 Å². The van der Waals surface area contributed by atoms with Crippen LogP contribution in [0.2, 0.25) is 0 Å². The number of hydrogen-bond donors (Lipinski definition) is 0. The molecule has 7 nitrogen and oxygen atoms in total. The molecule has 0 N–H and O–H groups in total. The number of nitrogens with zero attached hydrogens (tertiary/aromatic N) is 2. The van der Waals surface area contributed by atoms with Gasteiger partial charge in [-0.1, -0.05) is 0 Å². The summed E-state index contributed by atoms with van der Waals surface area (Å²) in [5.74, 6) is -3.42. The lowest BCUT2D eigenvalue weighted by Gasteiger charge is -2.08. The minimum absolute atomic E-state index is 0.0861. The Labute approximate surface area is 106 Å². The second-order valence-corrected chi connectivity index (χ2v) is 5.32. The van der Waals surface area contributed by atoms with Crippen LogP contribution in [-0.2, 0) is 9.05 Å². The number of hydrogen-bond acceptors (Lipinski definition) is 6. The van der Waals surface area contributed by atoms with Gasteiger partial charge in [0.05, 0.1) is 4.92 Å². The molecule has 0 aliphatic rings. The number of ether oxygens (including phenoxy) is 1. The van der Waals surface area contributed by atoms with E-state index in [-0.39, 0.29) is 6.07 Å². The molecule has 0 saturated carbocycles. The molecule has 0 bridgehead atoms. The molecule has 106 valence electrons. The number of halogens is 5. The van der Waals surface area contributed by atoms with E-state index in [9.17, 15) is 36.1 Å². The van der Waals surface area contributed by atoms with Crippen molar-refractivity contribution in [2.45, 2.75) is 11.4 Å². The van der Waals surface area contributed by atoms with Gasteiger partial charge in [0.15, 0.2) is 0 Å². The Kier molecular flexibility index (Phi) is 3.86. The highest BCUT2D eigenvalue weighted by molar-refractivity contribution is 8.13. The van der Waals surface area contributed by atoms with Crippen LogP contribution in [-0.4, -0.2) is 24.7 Å². The Morgan fingerprint density at radius 1 is 1.42 bits per heavy atom. The zero-order chi connectivity index (χ0) is 15.0. The number of aromatic nitrogens is 1. The molecule has 0 aliphatic carbocycles. The summed E-state index contributed by atoms with van der Waals surface area (Å²) in [6.07, 6.45) is -5.29. The maximum absolute atomic E-state index is 13.2. The van der Waals surface area contributed by atoms with Gasteiger partial charge in [0.1, 0.15) is 0 Å². The van der Waals surface area contributed by atoms with Gasteiger partial charge in [-0.2, -0.15) is 9.37 Å². The van der Waals surface area contributed by atoms with Gasteiger partial charge in [-0.15, -0.1) is 13.2 Å². The Balaban J connectivity index is 3.53. The van der Waals surface area contributed by atoms with E-state index >= 15 is 0 Å². The average molecular weight is 325 g/mol. The molecule has 1 heterocycles. The van der Waals surface area contributed by atoms with E-state index in [4.69, 9.17) is 10.7 Å². The highest BCUT2D eigenvalue weighted by atomic mass is 35.7. The fraction of sp³-hybridized carbons (Fsp3) is 0.167. The van der Waals surface area contributed by atoms with Crippen molar-refractivity contribution in [3.63, 3.8) is 0 Å². The van der Waals surface area contributed by atoms with Crippen molar-refractivity contribution in [1.82, 2.24) is 4.98 Å². The van der Waals surface area contributed by atoms with Crippen molar-refractivity contribution in [2.75, 3.05) is 0 Å². The zero-order valence-electron chi connectivity index (χ0n) is 8.31. The Bertz CT molecular complexity index is 631. The molecule has 0 atom stereocenters. The van der Waals surface area contributed by atoms with E-state index in [1.165, 1.54) is 0 Å². The van der Waals surface area contributed by atoms with Gasteiger partial charge in [0.2, 0.25) is 11.7 Å². The van der Waals surface area contributed by atoms with Crippen molar-refractivity contribution in [3.05, 3.63) is 22.0 Å². The molecular weight excluding hydrogens is 324 g/mol. The second-order valence-electron chi connectivity index (χ2n) is 2.84. The molecule has 0 saturated heterocycles. The van der Waals surface area contributed by atoms with E-state index in [0.29, 0.717) is 0 Å². The largest absolute Gasteiger partial charge is 0.574 e. The molecule has 0 fully saturated rings. The van der Waals surface area contributed by atoms with Crippen LogP contribution in [0.3, 0.4) is 0 Å². The molecule has 0 spiro atoms. The second kappa shape index (κ2) is 4.77. The van der Waals surface area contributed by atoms with Crippen molar-refractivity contribution in [2.24, 2.45) is 0 Å². The molecular formula is C6HClF4N2O5S. The summed E-state index contributed by atoms with van der Waals surface area (Å²) in [6.45, 7) is 0. The molecule has 19 heavy (non-hydrogen) atoms. The highest BCUT2D eigenvalue weighted by Gasteiger charge is 2.36. The van der Waals surface area contributed by atoms with Crippen LogP contribution in [0.1, 0.15) is 0 Å². The molecule has 13 heteroatoms. The molecule has 0 aliphatic heterocycles. The molecule has 0 amide bonds. The van der Waals surface area contributed by atoms with Crippen LogP contribution >= 0.6 is 10.7 Å². The molecule has 1 aromatic heterocycles. The fourth-order valence-corrected chi connectivity index (χ4v) is 1.90. The normalized spacial score (nSPS) is 12.3. The van der Waals surface area contributed by atoms with Gasteiger partial charge < -0.3 is 4.74 Å². The summed E-state index contributed by atoms with van der Waals surface area (Å²) < 4.78 is 73.8. The monoisotopic (exact) mass is 324 g/mol. The predicted octanol–water partition coefficient (Wildman–Crippen LogP) is 1.96. The van der Waals surface area contributed by atoms with Crippen LogP contribution in [0.5, 0.6) is 5.88 Å². The van der Waals surface area contributed by atoms with E-state index in [2.05, 4.69) is 9.72 Å². The molecule has 0 unspecified atom stereocenters. The van der Waals surface area contributed by atoms with Crippen molar-refractivity contribution >= 4 is 25.4 Å². The first kappa shape index (κ1) is 15.4. The highest BCUT2D eigenvalue weighted by Crippen LogP contribution is 2.32. The minimum Gasteiger partial charge on any atom is -0.388 e. The zero-order valence-corrected chi connectivity index (χ0v) is 9.88. The van der Waals surface area contributed by atoms with Crippen molar-refractivity contribution in [1.29, 1.82) is 0 Å². The van der Waals surface area contributed by atoms with Gasteiger partial charge >= 0.3 is 12.0 Å². The van der Waals surface area contributed by atoms with Gasteiger partial charge in [-0.3, -0.25) is 10.1 Å². The maximum atomic E-state index is 13.2. The summed E-state index contributed by atoms with van der Waals surface area (Å²) in [7, 11) is -0.222. The number of rotatable bonds is 3. The third kappa shape index (κ3) is 3.89. The Morgan fingerprint density at radius 2 is 1.95 bits per heavy atom. The lowest BCUT2D eigenvalue weighted by molar-refractivity contribution is -0.391. The summed E-state index contributed by atoms with van der Waals surface area (Å²) >= 11 is 0. The number of pyridine rings is 1. The van der Waals surface area contributed by atoms with Gasteiger partial charge in [0.25, 0.3) is 14.1 Å². The average Bonchev–Trinajstić information content (AvgIpc) is 2.11. The van der Waals surface area contributed by atoms with Crippen LogP contribution < -0.4 is 4.74 Å². The predicted molar refractivity (Wildman–Crippen MR) is 50.6 cm³/mol. The van der Waals surface area contributed by atoms with E-state index in [1.807, 2.05) is 0 Å². The van der Waals surface area contributed by atoms with Gasteiger partial charge in [-0.25, -0.2) is 8.42 Å². The third-order valence-corrected chi connectivity index (χ3v) is 2.71. The first-order valence-corrected chi connectivity index (χ1v) is 6.28. The lowest BCUT2D eigenvalue weighted by Crippen LogP contribution is -2.19. The van der Waals surface area contributed by atoms with E-state index in [1.54, 1.807) is 0 Å². The smallest absolute Gasteiger partial charge is 0.388 e. The van der Waals surface area contributed by atoms with Crippen LogP contribution in [0, 0.1) is 15.9 Å². The minimum atomic E-state index is -5.29. The summed E-state index contributed by atoms with van der Waals surface area (Å²) in [6, 6.07) is -0.0861. The molecule has 0 aromatic carbocycles. The SMILES string of the molecule is O=[N+]([O-])c1c(F)cc(OC(F)(F)F)nc1S(=O)(=O)Cl. The Morgan fingerprint density at radius 3 is 2.32 bits per heavy atom.